The molecule has 1 saturated heterocycles. The molecule has 7 heteroatoms. The Bertz CT molecular complexity index is 875. The maximum atomic E-state index is 12.8. The van der Waals surface area contributed by atoms with Crippen LogP contribution in [0.2, 0.25) is 0 Å². The molecule has 7 nitrogen and oxygen atoms in total. The second kappa shape index (κ2) is 6.98. The third kappa shape index (κ3) is 3.49. The molecule has 2 amide bonds. The van der Waals surface area contributed by atoms with Crippen LogP contribution in [0.4, 0.5) is 5.69 Å². The van der Waals surface area contributed by atoms with E-state index in [0.717, 1.165) is 17.2 Å². The lowest BCUT2D eigenvalue weighted by atomic mass is 10.1. The summed E-state index contributed by atoms with van der Waals surface area (Å²) in [6.07, 6.45) is 0.203. The van der Waals surface area contributed by atoms with E-state index in [-0.39, 0.29) is 24.2 Å². The summed E-state index contributed by atoms with van der Waals surface area (Å²) >= 11 is 0. The number of fused-ring (bicyclic) bond motifs is 1. The Morgan fingerprint density at radius 3 is 2.70 bits per heavy atom. The first-order chi connectivity index (χ1) is 13.0. The van der Waals surface area contributed by atoms with Crippen molar-refractivity contribution in [1.29, 1.82) is 0 Å². The molecule has 4 rings (SSSR count). The van der Waals surface area contributed by atoms with E-state index >= 15 is 0 Å². The van der Waals surface area contributed by atoms with Gasteiger partial charge in [-0.25, -0.2) is 0 Å². The van der Waals surface area contributed by atoms with E-state index in [1.807, 2.05) is 25.1 Å². The molecule has 0 spiro atoms. The third-order valence-electron chi connectivity index (χ3n) is 4.88. The van der Waals surface area contributed by atoms with Gasteiger partial charge in [-0.15, -0.1) is 0 Å². The smallest absolute Gasteiger partial charge is 0.228 e. The monoisotopic (exact) mass is 370 g/mol. The van der Waals surface area contributed by atoms with Crippen molar-refractivity contribution in [3.63, 3.8) is 0 Å². The second-order valence-corrected chi connectivity index (χ2v) is 6.94. The Morgan fingerprint density at radius 2 is 1.96 bits per heavy atom. The first kappa shape index (κ1) is 17.5. The molecule has 1 aromatic carbocycles. The molecule has 142 valence electrons. The van der Waals surface area contributed by atoms with Crippen LogP contribution in [0.25, 0.3) is 0 Å². The number of hydrogen-bond donors (Lipinski definition) is 0. The molecule has 0 bridgehead atoms. The number of carbonyl (C=O) groups is 2. The average Bonchev–Trinajstić information content (AvgIpc) is 3.26. The van der Waals surface area contributed by atoms with Crippen molar-refractivity contribution in [3.05, 3.63) is 41.9 Å². The molecular formula is C20H22N2O5. The number of hydrogen-bond acceptors (Lipinski definition) is 5. The standard InChI is InChI=1S/C20H22N2O5/c1-13-3-5-16(27-13)12-21(2)20(24)14-9-19(23)22(11-14)15-4-6-17-18(10-15)26-8-7-25-17/h3-6,10,14H,7-9,11-12H2,1-2H3/t14-/m1/s1. The highest BCUT2D eigenvalue weighted by Gasteiger charge is 2.37. The lowest BCUT2D eigenvalue weighted by Gasteiger charge is -2.23. The van der Waals surface area contributed by atoms with Gasteiger partial charge in [0.05, 0.1) is 12.5 Å². The average molecular weight is 370 g/mol. The zero-order valence-electron chi connectivity index (χ0n) is 15.4. The van der Waals surface area contributed by atoms with Crippen LogP contribution in [-0.2, 0) is 16.1 Å². The Kier molecular flexibility index (Phi) is 4.51. The van der Waals surface area contributed by atoms with Gasteiger partial charge < -0.3 is 23.7 Å². The number of carbonyl (C=O) groups excluding carboxylic acids is 2. The summed E-state index contributed by atoms with van der Waals surface area (Å²) in [4.78, 5) is 28.5. The molecule has 0 aliphatic carbocycles. The summed E-state index contributed by atoms with van der Waals surface area (Å²) < 4.78 is 16.6. The minimum Gasteiger partial charge on any atom is -0.486 e. The second-order valence-electron chi connectivity index (χ2n) is 6.94. The number of aryl methyl sites for hydroxylation is 1. The lowest BCUT2D eigenvalue weighted by molar-refractivity contribution is -0.135. The number of anilines is 1. The van der Waals surface area contributed by atoms with Crippen molar-refractivity contribution in [1.82, 2.24) is 4.90 Å². The highest BCUT2D eigenvalue weighted by Crippen LogP contribution is 2.36. The van der Waals surface area contributed by atoms with Crippen LogP contribution < -0.4 is 14.4 Å². The number of ether oxygens (including phenoxy) is 2. The number of furan rings is 1. The van der Waals surface area contributed by atoms with E-state index in [9.17, 15) is 9.59 Å². The Balaban J connectivity index is 1.44. The molecular weight excluding hydrogens is 348 g/mol. The summed E-state index contributed by atoms with van der Waals surface area (Å²) in [6.45, 7) is 3.63. The van der Waals surface area contributed by atoms with Crippen LogP contribution in [0.5, 0.6) is 11.5 Å². The van der Waals surface area contributed by atoms with Gasteiger partial charge >= 0.3 is 0 Å². The molecule has 0 radical (unpaired) electrons. The van der Waals surface area contributed by atoms with E-state index in [2.05, 4.69) is 0 Å². The Morgan fingerprint density at radius 1 is 1.19 bits per heavy atom. The lowest BCUT2D eigenvalue weighted by Crippen LogP contribution is -2.34. The summed E-state index contributed by atoms with van der Waals surface area (Å²) in [7, 11) is 1.73. The molecule has 0 saturated carbocycles. The Labute approximate surface area is 157 Å². The van der Waals surface area contributed by atoms with E-state index in [1.165, 1.54) is 0 Å². The molecule has 2 aromatic rings. The van der Waals surface area contributed by atoms with Crippen molar-refractivity contribution in [3.8, 4) is 11.5 Å². The summed E-state index contributed by atoms with van der Waals surface area (Å²) in [5, 5.41) is 0. The van der Waals surface area contributed by atoms with Crippen LogP contribution in [-0.4, -0.2) is 43.5 Å². The maximum absolute atomic E-state index is 12.8. The fourth-order valence-corrected chi connectivity index (χ4v) is 3.52. The number of benzene rings is 1. The van der Waals surface area contributed by atoms with Crippen LogP contribution >= 0.6 is 0 Å². The Hall–Kier alpha value is -2.96. The minimum absolute atomic E-state index is 0.0579. The first-order valence-corrected chi connectivity index (χ1v) is 9.01. The van der Waals surface area contributed by atoms with Gasteiger partial charge in [-0.05, 0) is 31.2 Å². The van der Waals surface area contributed by atoms with Crippen molar-refractivity contribution in [2.75, 3.05) is 31.7 Å². The van der Waals surface area contributed by atoms with Crippen molar-refractivity contribution >= 4 is 17.5 Å². The predicted molar refractivity (Wildman–Crippen MR) is 97.8 cm³/mol. The predicted octanol–water partition coefficient (Wildman–Crippen LogP) is 2.37. The highest BCUT2D eigenvalue weighted by molar-refractivity contribution is 6.00. The molecule has 0 unspecified atom stereocenters. The van der Waals surface area contributed by atoms with Gasteiger partial charge in [-0.1, -0.05) is 0 Å². The fraction of sp³-hybridized carbons (Fsp3) is 0.400. The zero-order valence-corrected chi connectivity index (χ0v) is 15.4. The van der Waals surface area contributed by atoms with Crippen LogP contribution in [0.15, 0.2) is 34.7 Å². The molecule has 2 aliphatic rings. The van der Waals surface area contributed by atoms with E-state index in [1.54, 1.807) is 29.0 Å². The quantitative estimate of drug-likeness (QED) is 0.826. The van der Waals surface area contributed by atoms with Gasteiger partial charge in [0.15, 0.2) is 11.5 Å². The number of nitrogens with zero attached hydrogens (tertiary/aromatic N) is 2. The normalized spacial score (nSPS) is 18.7. The first-order valence-electron chi connectivity index (χ1n) is 9.01. The summed E-state index contributed by atoms with van der Waals surface area (Å²) in [5.74, 6) is 2.36. The summed E-state index contributed by atoms with van der Waals surface area (Å²) in [6, 6.07) is 9.16. The molecule has 1 fully saturated rings. The molecule has 0 N–H and O–H groups in total. The van der Waals surface area contributed by atoms with Gasteiger partial charge in [-0.2, -0.15) is 0 Å². The van der Waals surface area contributed by atoms with E-state index < -0.39 is 0 Å². The van der Waals surface area contributed by atoms with Gasteiger partial charge in [0.2, 0.25) is 11.8 Å². The topological polar surface area (TPSA) is 72.2 Å². The van der Waals surface area contributed by atoms with E-state index in [4.69, 9.17) is 13.9 Å². The SMILES string of the molecule is Cc1ccc(CN(C)C(=O)[C@@H]2CC(=O)N(c3ccc4c(c3)OCCO4)C2)o1. The largest absolute Gasteiger partial charge is 0.486 e. The van der Waals surface area contributed by atoms with Crippen LogP contribution in [0, 0.1) is 12.8 Å². The van der Waals surface area contributed by atoms with Gasteiger partial charge in [-0.3, -0.25) is 9.59 Å². The number of amides is 2. The minimum atomic E-state index is -0.369. The molecule has 1 atom stereocenters. The molecule has 1 aromatic heterocycles. The maximum Gasteiger partial charge on any atom is 0.228 e. The third-order valence-corrected chi connectivity index (χ3v) is 4.88. The van der Waals surface area contributed by atoms with Gasteiger partial charge in [0, 0.05) is 31.8 Å². The van der Waals surface area contributed by atoms with E-state index in [0.29, 0.717) is 37.8 Å². The molecule has 2 aliphatic heterocycles. The van der Waals surface area contributed by atoms with Crippen molar-refractivity contribution < 1.29 is 23.5 Å². The van der Waals surface area contributed by atoms with Crippen LogP contribution in [0.1, 0.15) is 17.9 Å². The fourth-order valence-electron chi connectivity index (χ4n) is 3.52. The van der Waals surface area contributed by atoms with Gasteiger partial charge in [0.25, 0.3) is 0 Å². The van der Waals surface area contributed by atoms with Crippen LogP contribution in [0.3, 0.4) is 0 Å². The van der Waals surface area contributed by atoms with Crippen molar-refractivity contribution in [2.24, 2.45) is 5.92 Å². The summed E-state index contributed by atoms with van der Waals surface area (Å²) in [5.41, 5.74) is 0.726. The highest BCUT2D eigenvalue weighted by atomic mass is 16.6. The zero-order chi connectivity index (χ0) is 19.0. The van der Waals surface area contributed by atoms with Crippen molar-refractivity contribution in [2.45, 2.75) is 19.9 Å². The number of rotatable bonds is 4. The molecule has 27 heavy (non-hydrogen) atoms. The van der Waals surface area contributed by atoms with Gasteiger partial charge in [0.1, 0.15) is 24.7 Å². The molecule has 3 heterocycles.